The Balaban J connectivity index is 2.29. The van der Waals surface area contributed by atoms with Crippen molar-refractivity contribution in [3.8, 4) is 11.5 Å². The molecular weight excluding hydrogens is 228 g/mol. The van der Waals surface area contributed by atoms with Gasteiger partial charge in [0.15, 0.2) is 0 Å². The molecule has 1 aliphatic rings. The Bertz CT molecular complexity index is 373. The molecule has 0 amide bonds. The second kappa shape index (κ2) is 6.07. The van der Waals surface area contributed by atoms with E-state index < -0.39 is 0 Å². The molecule has 3 N–H and O–H groups in total. The molecule has 0 spiro atoms. The molecule has 0 aromatic heterocycles. The Morgan fingerprint density at radius 2 is 1.89 bits per heavy atom. The maximum Gasteiger partial charge on any atom is 0.122 e. The molecule has 2 atom stereocenters. The van der Waals surface area contributed by atoms with E-state index in [1.807, 2.05) is 6.07 Å². The lowest BCUT2D eigenvalue weighted by Gasteiger charge is -2.32. The standard InChI is InChI=1S/C14H22N2O2/c1-17-12-5-10(6-13(7-12)18-2)14-3-4-16-9-11(14)8-15/h5-7,11,14,16H,3-4,8-9,15H2,1-2H3. The SMILES string of the molecule is COc1cc(OC)cc(C2CCNCC2CN)c1. The summed E-state index contributed by atoms with van der Waals surface area (Å²) in [5.41, 5.74) is 7.14. The summed E-state index contributed by atoms with van der Waals surface area (Å²) in [4.78, 5) is 0. The largest absolute Gasteiger partial charge is 0.497 e. The van der Waals surface area contributed by atoms with Gasteiger partial charge in [-0.3, -0.25) is 0 Å². The fourth-order valence-electron chi connectivity index (χ4n) is 2.65. The average Bonchev–Trinajstić information content (AvgIpc) is 2.46. The second-order valence-corrected chi connectivity index (χ2v) is 4.74. The molecule has 1 heterocycles. The molecule has 1 aromatic rings. The van der Waals surface area contributed by atoms with Gasteiger partial charge in [-0.1, -0.05) is 0 Å². The third-order valence-corrected chi connectivity index (χ3v) is 3.71. The van der Waals surface area contributed by atoms with Crippen molar-refractivity contribution in [3.63, 3.8) is 0 Å². The molecule has 1 aliphatic heterocycles. The molecule has 4 nitrogen and oxygen atoms in total. The van der Waals surface area contributed by atoms with Gasteiger partial charge in [0.05, 0.1) is 14.2 Å². The minimum atomic E-state index is 0.482. The number of nitrogens with one attached hydrogen (secondary N) is 1. The minimum absolute atomic E-state index is 0.482. The van der Waals surface area contributed by atoms with Crippen molar-refractivity contribution in [1.82, 2.24) is 5.32 Å². The molecule has 0 aliphatic carbocycles. The van der Waals surface area contributed by atoms with E-state index in [1.165, 1.54) is 5.56 Å². The van der Waals surface area contributed by atoms with Crippen LogP contribution in [0, 0.1) is 5.92 Å². The first-order valence-electron chi connectivity index (χ1n) is 6.42. The first-order chi connectivity index (χ1) is 8.78. The van der Waals surface area contributed by atoms with Crippen LogP contribution in [0.1, 0.15) is 17.9 Å². The lowest BCUT2D eigenvalue weighted by atomic mass is 9.81. The van der Waals surface area contributed by atoms with Gasteiger partial charge in [0.2, 0.25) is 0 Å². The maximum atomic E-state index is 5.87. The molecule has 4 heteroatoms. The van der Waals surface area contributed by atoms with Crippen LogP contribution in [0.4, 0.5) is 0 Å². The molecular formula is C14H22N2O2. The van der Waals surface area contributed by atoms with Crippen molar-refractivity contribution in [2.45, 2.75) is 12.3 Å². The summed E-state index contributed by atoms with van der Waals surface area (Å²) >= 11 is 0. The highest BCUT2D eigenvalue weighted by Gasteiger charge is 2.26. The first kappa shape index (κ1) is 13.2. The Hall–Kier alpha value is -1.26. The Morgan fingerprint density at radius 3 is 2.44 bits per heavy atom. The molecule has 100 valence electrons. The zero-order valence-electron chi connectivity index (χ0n) is 11.1. The smallest absolute Gasteiger partial charge is 0.122 e. The fraction of sp³-hybridized carbons (Fsp3) is 0.571. The number of hydrogen-bond donors (Lipinski definition) is 2. The number of ether oxygens (including phenoxy) is 2. The van der Waals surface area contributed by atoms with Gasteiger partial charge in [0.25, 0.3) is 0 Å². The Morgan fingerprint density at radius 1 is 1.22 bits per heavy atom. The Kier molecular flexibility index (Phi) is 4.44. The quantitative estimate of drug-likeness (QED) is 0.847. The lowest BCUT2D eigenvalue weighted by molar-refractivity contribution is 0.329. The predicted molar refractivity (Wildman–Crippen MR) is 72.3 cm³/mol. The number of methoxy groups -OCH3 is 2. The molecule has 1 aromatic carbocycles. The van der Waals surface area contributed by atoms with Crippen LogP contribution in [0.25, 0.3) is 0 Å². The highest BCUT2D eigenvalue weighted by atomic mass is 16.5. The average molecular weight is 250 g/mol. The summed E-state index contributed by atoms with van der Waals surface area (Å²) in [6, 6.07) is 6.10. The second-order valence-electron chi connectivity index (χ2n) is 4.74. The first-order valence-corrected chi connectivity index (χ1v) is 6.42. The third-order valence-electron chi connectivity index (χ3n) is 3.71. The van der Waals surface area contributed by atoms with Gasteiger partial charge in [0, 0.05) is 6.07 Å². The van der Waals surface area contributed by atoms with E-state index in [1.54, 1.807) is 14.2 Å². The topological polar surface area (TPSA) is 56.5 Å². The van der Waals surface area contributed by atoms with Gasteiger partial charge in [-0.2, -0.15) is 0 Å². The van der Waals surface area contributed by atoms with Crippen LogP contribution in [0.2, 0.25) is 0 Å². The van der Waals surface area contributed by atoms with Gasteiger partial charge in [-0.25, -0.2) is 0 Å². The summed E-state index contributed by atoms with van der Waals surface area (Å²) in [5.74, 6) is 2.66. The van der Waals surface area contributed by atoms with Crippen LogP contribution in [-0.2, 0) is 0 Å². The van der Waals surface area contributed by atoms with E-state index in [9.17, 15) is 0 Å². The number of hydrogen-bond acceptors (Lipinski definition) is 4. The van der Waals surface area contributed by atoms with Crippen LogP contribution in [0.5, 0.6) is 11.5 Å². The van der Waals surface area contributed by atoms with Crippen molar-refractivity contribution in [2.75, 3.05) is 33.9 Å². The van der Waals surface area contributed by atoms with Crippen LogP contribution in [0.15, 0.2) is 18.2 Å². The van der Waals surface area contributed by atoms with E-state index in [0.717, 1.165) is 31.0 Å². The molecule has 0 bridgehead atoms. The number of piperidine rings is 1. The normalized spacial score (nSPS) is 23.7. The fourth-order valence-corrected chi connectivity index (χ4v) is 2.65. The van der Waals surface area contributed by atoms with Gasteiger partial charge >= 0.3 is 0 Å². The number of nitrogens with two attached hydrogens (primary N) is 1. The van der Waals surface area contributed by atoms with Crippen LogP contribution in [-0.4, -0.2) is 33.9 Å². The van der Waals surface area contributed by atoms with Crippen molar-refractivity contribution in [1.29, 1.82) is 0 Å². The van der Waals surface area contributed by atoms with E-state index >= 15 is 0 Å². The van der Waals surface area contributed by atoms with Gasteiger partial charge in [0.1, 0.15) is 11.5 Å². The van der Waals surface area contributed by atoms with Crippen molar-refractivity contribution in [3.05, 3.63) is 23.8 Å². The van der Waals surface area contributed by atoms with Crippen LogP contribution >= 0.6 is 0 Å². The van der Waals surface area contributed by atoms with E-state index in [2.05, 4.69) is 17.4 Å². The van der Waals surface area contributed by atoms with Crippen LogP contribution < -0.4 is 20.5 Å². The summed E-state index contributed by atoms with van der Waals surface area (Å²) < 4.78 is 10.7. The molecule has 1 fully saturated rings. The lowest BCUT2D eigenvalue weighted by Crippen LogP contribution is -2.39. The highest BCUT2D eigenvalue weighted by molar-refractivity contribution is 5.40. The third kappa shape index (κ3) is 2.76. The highest BCUT2D eigenvalue weighted by Crippen LogP contribution is 2.34. The monoisotopic (exact) mass is 250 g/mol. The molecule has 2 unspecified atom stereocenters. The van der Waals surface area contributed by atoms with E-state index in [-0.39, 0.29) is 0 Å². The summed E-state index contributed by atoms with van der Waals surface area (Å²) in [6.45, 7) is 2.73. The molecule has 18 heavy (non-hydrogen) atoms. The maximum absolute atomic E-state index is 5.87. The number of benzene rings is 1. The van der Waals surface area contributed by atoms with E-state index in [4.69, 9.17) is 15.2 Å². The zero-order chi connectivity index (χ0) is 13.0. The van der Waals surface area contributed by atoms with Crippen molar-refractivity contribution < 1.29 is 9.47 Å². The van der Waals surface area contributed by atoms with Gasteiger partial charge in [-0.15, -0.1) is 0 Å². The van der Waals surface area contributed by atoms with Crippen molar-refractivity contribution in [2.24, 2.45) is 11.7 Å². The van der Waals surface area contributed by atoms with Gasteiger partial charge in [-0.05, 0) is 55.6 Å². The molecule has 2 rings (SSSR count). The zero-order valence-corrected chi connectivity index (χ0v) is 11.1. The molecule has 0 radical (unpaired) electrons. The Labute approximate surface area is 108 Å². The van der Waals surface area contributed by atoms with Crippen LogP contribution in [0.3, 0.4) is 0 Å². The molecule has 1 saturated heterocycles. The summed E-state index contributed by atoms with van der Waals surface area (Å²) in [6.07, 6.45) is 1.11. The molecule has 0 saturated carbocycles. The van der Waals surface area contributed by atoms with Gasteiger partial charge < -0.3 is 20.5 Å². The predicted octanol–water partition coefficient (Wildman–Crippen LogP) is 1.36. The van der Waals surface area contributed by atoms with Crippen molar-refractivity contribution >= 4 is 0 Å². The summed E-state index contributed by atoms with van der Waals surface area (Å²) in [5, 5.41) is 3.40. The summed E-state index contributed by atoms with van der Waals surface area (Å²) in [7, 11) is 3.36. The van der Waals surface area contributed by atoms with E-state index in [0.29, 0.717) is 18.4 Å². The minimum Gasteiger partial charge on any atom is -0.497 e. The number of rotatable bonds is 4.